The zero-order chi connectivity index (χ0) is 24.2. The molecule has 176 valence electrons. The molecule has 0 bridgehead atoms. The fraction of sp³-hybridized carbons (Fsp3) is 0.435. The zero-order valence-electron chi connectivity index (χ0n) is 18.5. The molecule has 0 unspecified atom stereocenters. The second kappa shape index (κ2) is 7.89. The van der Waals surface area contributed by atoms with Gasteiger partial charge in [0.25, 0.3) is 0 Å². The van der Waals surface area contributed by atoms with Crippen LogP contribution in [-0.4, -0.2) is 77.3 Å². The molecule has 3 aliphatic rings. The van der Waals surface area contributed by atoms with Gasteiger partial charge in [-0.1, -0.05) is 12.1 Å². The molecular formula is C23H26N2O8. The standard InChI is InChI=1S/C23H26N2O8/c1-25(2)17-13-8-11-7-10-5-4-6-14(26)15(10)19(28)16(11)21(30)23(13,33-22(31)32-3)20(29)12(9-24)18(17)27/h4-6,11,13,17,26,28-29H,7-9,24H2,1-3H3/t11-,13-,17-,23+/m0/s1. The van der Waals surface area contributed by atoms with Crippen LogP contribution in [0.1, 0.15) is 17.5 Å². The van der Waals surface area contributed by atoms with Crippen LogP contribution >= 0.6 is 0 Å². The highest BCUT2D eigenvalue weighted by Crippen LogP contribution is 2.54. The van der Waals surface area contributed by atoms with Gasteiger partial charge in [0.2, 0.25) is 11.4 Å². The lowest BCUT2D eigenvalue weighted by molar-refractivity contribution is -0.157. The molecule has 5 N–H and O–H groups in total. The van der Waals surface area contributed by atoms with Crippen molar-refractivity contribution in [1.82, 2.24) is 4.90 Å². The Morgan fingerprint density at radius 1 is 1.24 bits per heavy atom. The summed E-state index contributed by atoms with van der Waals surface area (Å²) < 4.78 is 10.1. The van der Waals surface area contributed by atoms with Crippen LogP contribution in [-0.2, 0) is 25.5 Å². The number of nitrogens with zero attached hydrogens (tertiary/aromatic N) is 1. The molecule has 4 atom stereocenters. The van der Waals surface area contributed by atoms with E-state index in [9.17, 15) is 29.7 Å². The molecule has 0 amide bonds. The normalized spacial score (nSPS) is 28.9. The van der Waals surface area contributed by atoms with Crippen LogP contribution in [0.3, 0.4) is 0 Å². The highest BCUT2D eigenvalue weighted by atomic mass is 16.7. The number of nitrogens with two attached hydrogens (primary N) is 1. The van der Waals surface area contributed by atoms with Gasteiger partial charge in [-0.3, -0.25) is 14.5 Å². The minimum Gasteiger partial charge on any atom is -0.507 e. The number of carbonyl (C=O) groups excluding carboxylic acids is 3. The summed E-state index contributed by atoms with van der Waals surface area (Å²) in [5.74, 6) is -4.25. The molecular weight excluding hydrogens is 432 g/mol. The Morgan fingerprint density at radius 2 is 1.94 bits per heavy atom. The predicted octanol–water partition coefficient (Wildman–Crippen LogP) is 1.23. The number of aliphatic hydroxyl groups is 2. The number of carbonyl (C=O) groups is 3. The van der Waals surface area contributed by atoms with Crippen molar-refractivity contribution < 1.29 is 39.2 Å². The Bertz CT molecular complexity index is 1120. The average Bonchev–Trinajstić information content (AvgIpc) is 2.75. The first-order chi connectivity index (χ1) is 15.6. The number of aromatic hydroxyl groups is 1. The molecule has 1 fully saturated rings. The number of phenols is 1. The first-order valence-electron chi connectivity index (χ1n) is 10.5. The number of rotatable bonds is 3. The molecule has 1 saturated carbocycles. The van der Waals surface area contributed by atoms with E-state index >= 15 is 0 Å². The van der Waals surface area contributed by atoms with Crippen molar-refractivity contribution in [2.24, 2.45) is 17.6 Å². The number of Topliss-reactive ketones (excluding diaryl/α,β-unsaturated/α-hetero) is 2. The summed E-state index contributed by atoms with van der Waals surface area (Å²) in [5, 5.41) is 32.6. The third-order valence-electron chi connectivity index (χ3n) is 6.89. The van der Waals surface area contributed by atoms with Gasteiger partial charge in [-0.25, -0.2) is 4.79 Å². The van der Waals surface area contributed by atoms with Crippen molar-refractivity contribution in [3.8, 4) is 5.75 Å². The third kappa shape index (κ3) is 3.05. The molecule has 0 radical (unpaired) electrons. The maximum absolute atomic E-state index is 14.0. The number of methoxy groups -OCH3 is 1. The fourth-order valence-electron chi connectivity index (χ4n) is 5.53. The van der Waals surface area contributed by atoms with E-state index in [1.807, 2.05) is 0 Å². The van der Waals surface area contributed by atoms with Crippen molar-refractivity contribution in [3.05, 3.63) is 46.2 Å². The first-order valence-corrected chi connectivity index (χ1v) is 10.5. The zero-order valence-corrected chi connectivity index (χ0v) is 18.5. The molecule has 0 spiro atoms. The number of ketones is 2. The van der Waals surface area contributed by atoms with E-state index in [-0.39, 0.29) is 35.4 Å². The molecule has 3 aliphatic carbocycles. The van der Waals surface area contributed by atoms with E-state index in [0.717, 1.165) is 7.11 Å². The number of ether oxygens (including phenoxy) is 2. The molecule has 33 heavy (non-hydrogen) atoms. The maximum Gasteiger partial charge on any atom is 0.509 e. The molecule has 0 saturated heterocycles. The van der Waals surface area contributed by atoms with Crippen molar-refractivity contribution in [3.63, 3.8) is 0 Å². The van der Waals surface area contributed by atoms with Gasteiger partial charge in [0.05, 0.1) is 24.3 Å². The van der Waals surface area contributed by atoms with Crippen molar-refractivity contribution in [2.75, 3.05) is 27.7 Å². The quantitative estimate of drug-likeness (QED) is 0.485. The van der Waals surface area contributed by atoms with E-state index < -0.39 is 52.7 Å². The smallest absolute Gasteiger partial charge is 0.507 e. The maximum atomic E-state index is 14.0. The van der Waals surface area contributed by atoms with E-state index in [2.05, 4.69) is 4.74 Å². The third-order valence-corrected chi connectivity index (χ3v) is 6.89. The molecule has 4 rings (SSSR count). The lowest BCUT2D eigenvalue weighted by Gasteiger charge is -2.51. The molecule has 0 aromatic heterocycles. The Kier molecular flexibility index (Phi) is 5.45. The Balaban J connectivity index is 2.02. The second-order valence-corrected chi connectivity index (χ2v) is 8.74. The minimum atomic E-state index is -2.31. The van der Waals surface area contributed by atoms with Crippen LogP contribution in [0.15, 0.2) is 35.1 Å². The highest BCUT2D eigenvalue weighted by Gasteiger charge is 2.66. The van der Waals surface area contributed by atoms with Gasteiger partial charge in [-0.15, -0.1) is 0 Å². The van der Waals surface area contributed by atoms with Crippen molar-refractivity contribution in [1.29, 1.82) is 0 Å². The minimum absolute atomic E-state index is 0.0843. The lowest BCUT2D eigenvalue weighted by Crippen LogP contribution is -2.67. The van der Waals surface area contributed by atoms with Crippen molar-refractivity contribution >= 4 is 23.5 Å². The second-order valence-electron chi connectivity index (χ2n) is 8.74. The van der Waals surface area contributed by atoms with E-state index in [1.165, 1.54) is 6.07 Å². The van der Waals surface area contributed by atoms with Gasteiger partial charge < -0.3 is 30.5 Å². The summed E-state index contributed by atoms with van der Waals surface area (Å²) >= 11 is 0. The average molecular weight is 458 g/mol. The number of hydrogen-bond acceptors (Lipinski definition) is 10. The number of fused-ring (bicyclic) bond motifs is 3. The number of aliphatic hydroxyl groups excluding tert-OH is 2. The van der Waals surface area contributed by atoms with E-state index in [0.29, 0.717) is 12.0 Å². The number of phenolic OH excluding ortho intramolecular Hbond substituents is 1. The fourth-order valence-corrected chi connectivity index (χ4v) is 5.53. The lowest BCUT2D eigenvalue weighted by atomic mass is 9.57. The Labute approximate surface area is 189 Å². The van der Waals surface area contributed by atoms with Gasteiger partial charge in [-0.05, 0) is 44.5 Å². The van der Waals surface area contributed by atoms with Crippen LogP contribution in [0.25, 0.3) is 5.76 Å². The summed E-state index contributed by atoms with van der Waals surface area (Å²) in [6, 6.07) is 3.83. The van der Waals surface area contributed by atoms with Gasteiger partial charge in [-0.2, -0.15) is 0 Å². The summed E-state index contributed by atoms with van der Waals surface area (Å²) in [6.45, 7) is -0.390. The molecule has 0 heterocycles. The van der Waals surface area contributed by atoms with E-state index in [1.54, 1.807) is 31.1 Å². The molecule has 1 aromatic rings. The first kappa shape index (κ1) is 22.8. The summed E-state index contributed by atoms with van der Waals surface area (Å²) in [5.41, 5.74) is 3.86. The van der Waals surface area contributed by atoms with Gasteiger partial charge >= 0.3 is 6.16 Å². The monoisotopic (exact) mass is 458 g/mol. The molecule has 1 aromatic carbocycles. The summed E-state index contributed by atoms with van der Waals surface area (Å²) in [6.07, 6.45) is -0.795. The van der Waals surface area contributed by atoms with Gasteiger partial charge in [0.15, 0.2) is 11.5 Å². The topological polar surface area (TPSA) is 160 Å². The number of likely N-dealkylation sites (N-methyl/N-ethyl adjacent to an activating group) is 1. The Morgan fingerprint density at radius 3 is 2.55 bits per heavy atom. The van der Waals surface area contributed by atoms with E-state index in [4.69, 9.17) is 10.5 Å². The van der Waals surface area contributed by atoms with Crippen LogP contribution in [0.4, 0.5) is 4.79 Å². The summed E-state index contributed by atoms with van der Waals surface area (Å²) in [4.78, 5) is 41.1. The van der Waals surface area contributed by atoms with Crippen LogP contribution < -0.4 is 5.73 Å². The molecule has 10 nitrogen and oxygen atoms in total. The molecule has 10 heteroatoms. The summed E-state index contributed by atoms with van der Waals surface area (Å²) in [7, 11) is 4.34. The van der Waals surface area contributed by atoms with Crippen LogP contribution in [0, 0.1) is 11.8 Å². The largest absolute Gasteiger partial charge is 0.509 e. The molecule has 0 aliphatic heterocycles. The SMILES string of the molecule is COC(=O)O[C@]12C(=O)C3=C(O)c4c(O)cccc4C[C@H]3C[C@H]1[C@H](N(C)C)C(=O)C(CN)=C2O. The Hall–Kier alpha value is -3.37. The van der Waals surface area contributed by atoms with Gasteiger partial charge in [0.1, 0.15) is 11.5 Å². The number of benzene rings is 1. The van der Waals surface area contributed by atoms with Gasteiger partial charge in [0, 0.05) is 18.0 Å². The van der Waals surface area contributed by atoms with Crippen LogP contribution in [0.5, 0.6) is 5.75 Å². The highest BCUT2D eigenvalue weighted by molar-refractivity contribution is 6.15. The number of hydrogen-bond donors (Lipinski definition) is 4. The predicted molar refractivity (Wildman–Crippen MR) is 115 cm³/mol. The van der Waals surface area contributed by atoms with Crippen LogP contribution in [0.2, 0.25) is 0 Å². The van der Waals surface area contributed by atoms with Crippen molar-refractivity contribution in [2.45, 2.75) is 24.5 Å².